The molecule has 0 saturated carbocycles. The van der Waals surface area contributed by atoms with Gasteiger partial charge in [-0.05, 0) is 33.6 Å². The van der Waals surface area contributed by atoms with E-state index in [9.17, 15) is 10.1 Å². The Morgan fingerprint density at radius 2 is 2.16 bits per heavy atom. The van der Waals surface area contributed by atoms with E-state index in [1.807, 2.05) is 20.8 Å². The molecule has 0 spiro atoms. The molecule has 1 aromatic rings. The number of hydrogen-bond acceptors (Lipinski definition) is 5. The lowest BCUT2D eigenvalue weighted by Crippen LogP contribution is -2.33. The van der Waals surface area contributed by atoms with Gasteiger partial charge in [-0.1, -0.05) is 6.92 Å². The van der Waals surface area contributed by atoms with E-state index in [0.29, 0.717) is 24.5 Å². The zero-order valence-corrected chi connectivity index (χ0v) is 11.9. The molecule has 19 heavy (non-hydrogen) atoms. The Labute approximate surface area is 112 Å². The predicted octanol–water partition coefficient (Wildman–Crippen LogP) is 2.08. The van der Waals surface area contributed by atoms with E-state index < -0.39 is 10.5 Å². The van der Waals surface area contributed by atoms with Crippen molar-refractivity contribution in [3.05, 3.63) is 15.8 Å². The summed E-state index contributed by atoms with van der Waals surface area (Å²) in [5.74, 6) is 0.419. The van der Waals surface area contributed by atoms with Crippen LogP contribution in [0, 0.1) is 17.0 Å². The molecule has 7 nitrogen and oxygen atoms in total. The molecule has 0 aromatic carbocycles. The summed E-state index contributed by atoms with van der Waals surface area (Å²) in [6.45, 7) is 8.05. The standard InChI is InChI=1S/C12H22N4O3/c1-5-7-15-11(13-12(3,4)6-8-17)10(16(18)19)9(2)14-15/h13,17H,5-8H2,1-4H3. The number of nitrogens with one attached hydrogen (secondary N) is 1. The van der Waals surface area contributed by atoms with Crippen molar-refractivity contribution in [1.29, 1.82) is 0 Å². The Balaban J connectivity index is 3.18. The lowest BCUT2D eigenvalue weighted by Gasteiger charge is -2.26. The van der Waals surface area contributed by atoms with Gasteiger partial charge in [0, 0.05) is 18.7 Å². The van der Waals surface area contributed by atoms with Gasteiger partial charge in [-0.25, -0.2) is 4.68 Å². The minimum atomic E-state index is -0.433. The monoisotopic (exact) mass is 270 g/mol. The van der Waals surface area contributed by atoms with Crippen LogP contribution in [0.25, 0.3) is 0 Å². The third kappa shape index (κ3) is 3.66. The summed E-state index contributed by atoms with van der Waals surface area (Å²) in [6, 6.07) is 0. The molecule has 2 N–H and O–H groups in total. The molecule has 1 aromatic heterocycles. The predicted molar refractivity (Wildman–Crippen MR) is 73.3 cm³/mol. The maximum absolute atomic E-state index is 11.2. The summed E-state index contributed by atoms with van der Waals surface area (Å²) in [4.78, 5) is 10.8. The van der Waals surface area contributed by atoms with Crippen LogP contribution < -0.4 is 5.32 Å². The average molecular weight is 270 g/mol. The van der Waals surface area contributed by atoms with E-state index in [1.54, 1.807) is 11.6 Å². The number of anilines is 1. The van der Waals surface area contributed by atoms with E-state index in [4.69, 9.17) is 5.11 Å². The normalized spacial score (nSPS) is 11.6. The van der Waals surface area contributed by atoms with Gasteiger partial charge < -0.3 is 10.4 Å². The molecule has 0 saturated heterocycles. The van der Waals surface area contributed by atoms with Crippen molar-refractivity contribution in [1.82, 2.24) is 9.78 Å². The highest BCUT2D eigenvalue weighted by Crippen LogP contribution is 2.31. The fourth-order valence-corrected chi connectivity index (χ4v) is 1.95. The Kier molecular flexibility index (Phi) is 4.88. The van der Waals surface area contributed by atoms with Crippen molar-refractivity contribution in [2.45, 2.75) is 52.6 Å². The van der Waals surface area contributed by atoms with E-state index in [2.05, 4.69) is 10.4 Å². The second kappa shape index (κ2) is 6.01. The zero-order chi connectivity index (χ0) is 14.6. The van der Waals surface area contributed by atoms with Crippen LogP contribution in [0.2, 0.25) is 0 Å². The molecule has 0 aliphatic carbocycles. The Hall–Kier alpha value is -1.63. The maximum Gasteiger partial charge on any atom is 0.333 e. The third-order valence-electron chi connectivity index (χ3n) is 2.91. The highest BCUT2D eigenvalue weighted by Gasteiger charge is 2.29. The molecule has 0 atom stereocenters. The summed E-state index contributed by atoms with van der Waals surface area (Å²) in [6.07, 6.45) is 1.34. The Bertz CT molecular complexity index is 454. The highest BCUT2D eigenvalue weighted by atomic mass is 16.6. The van der Waals surface area contributed by atoms with Gasteiger partial charge in [0.1, 0.15) is 5.69 Å². The van der Waals surface area contributed by atoms with E-state index in [-0.39, 0.29) is 12.3 Å². The maximum atomic E-state index is 11.2. The molecule has 0 unspecified atom stereocenters. The first-order valence-corrected chi connectivity index (χ1v) is 6.43. The Morgan fingerprint density at radius 3 is 2.63 bits per heavy atom. The van der Waals surface area contributed by atoms with Crippen molar-refractivity contribution in [2.24, 2.45) is 0 Å². The van der Waals surface area contributed by atoms with Crippen LogP contribution in [0.1, 0.15) is 39.3 Å². The summed E-state index contributed by atoms with van der Waals surface area (Å²) in [5.41, 5.74) is -0.0162. The van der Waals surface area contributed by atoms with Gasteiger partial charge in [0.25, 0.3) is 0 Å². The van der Waals surface area contributed by atoms with Crippen molar-refractivity contribution < 1.29 is 10.0 Å². The summed E-state index contributed by atoms with van der Waals surface area (Å²) in [7, 11) is 0. The van der Waals surface area contributed by atoms with Gasteiger partial charge in [0.2, 0.25) is 5.82 Å². The van der Waals surface area contributed by atoms with Crippen LogP contribution in [-0.2, 0) is 6.54 Å². The zero-order valence-electron chi connectivity index (χ0n) is 11.9. The van der Waals surface area contributed by atoms with Crippen LogP contribution >= 0.6 is 0 Å². The minimum absolute atomic E-state index is 0.0134. The lowest BCUT2D eigenvalue weighted by atomic mass is 10.0. The smallest absolute Gasteiger partial charge is 0.333 e. The first-order valence-electron chi connectivity index (χ1n) is 6.43. The van der Waals surface area contributed by atoms with Gasteiger partial charge in [0.05, 0.1) is 4.92 Å². The molecular weight excluding hydrogens is 248 g/mol. The fourth-order valence-electron chi connectivity index (χ4n) is 1.95. The SMILES string of the molecule is CCCn1nc(C)c([N+](=O)[O-])c1NC(C)(C)CCO. The van der Waals surface area contributed by atoms with Crippen molar-refractivity contribution in [2.75, 3.05) is 11.9 Å². The number of nitrogens with zero attached hydrogens (tertiary/aromatic N) is 3. The van der Waals surface area contributed by atoms with Gasteiger partial charge >= 0.3 is 5.69 Å². The fraction of sp³-hybridized carbons (Fsp3) is 0.750. The number of rotatable bonds is 7. The van der Waals surface area contributed by atoms with Gasteiger partial charge in [-0.3, -0.25) is 10.1 Å². The molecule has 7 heteroatoms. The van der Waals surface area contributed by atoms with Crippen LogP contribution in [0.5, 0.6) is 0 Å². The van der Waals surface area contributed by atoms with Crippen LogP contribution in [0.4, 0.5) is 11.5 Å². The number of aliphatic hydroxyl groups is 1. The molecule has 1 heterocycles. The number of aromatic nitrogens is 2. The van der Waals surface area contributed by atoms with Gasteiger partial charge in [0.15, 0.2) is 0 Å². The summed E-state index contributed by atoms with van der Waals surface area (Å²) < 4.78 is 1.63. The molecule has 0 aliphatic rings. The van der Waals surface area contributed by atoms with Crippen LogP contribution in [0.3, 0.4) is 0 Å². The van der Waals surface area contributed by atoms with Gasteiger partial charge in [-0.2, -0.15) is 5.10 Å². The minimum Gasteiger partial charge on any atom is -0.396 e. The molecule has 108 valence electrons. The molecule has 0 radical (unpaired) electrons. The molecular formula is C12H22N4O3. The third-order valence-corrected chi connectivity index (χ3v) is 2.91. The summed E-state index contributed by atoms with van der Waals surface area (Å²) >= 11 is 0. The van der Waals surface area contributed by atoms with E-state index in [0.717, 1.165) is 6.42 Å². The summed E-state index contributed by atoms with van der Waals surface area (Å²) in [5, 5.41) is 27.6. The molecule has 0 fully saturated rings. The van der Waals surface area contributed by atoms with Crippen molar-refractivity contribution >= 4 is 11.5 Å². The van der Waals surface area contributed by atoms with Crippen molar-refractivity contribution in [3.8, 4) is 0 Å². The van der Waals surface area contributed by atoms with Crippen LogP contribution in [0.15, 0.2) is 0 Å². The molecule has 0 bridgehead atoms. The van der Waals surface area contributed by atoms with Crippen molar-refractivity contribution in [3.63, 3.8) is 0 Å². The molecule has 0 amide bonds. The van der Waals surface area contributed by atoms with Crippen LogP contribution in [-0.4, -0.2) is 32.0 Å². The molecule has 0 aliphatic heterocycles. The first kappa shape index (κ1) is 15.4. The number of nitro groups is 1. The van der Waals surface area contributed by atoms with E-state index >= 15 is 0 Å². The number of hydrogen-bond donors (Lipinski definition) is 2. The van der Waals surface area contributed by atoms with Gasteiger partial charge in [-0.15, -0.1) is 0 Å². The van der Waals surface area contributed by atoms with E-state index in [1.165, 1.54) is 0 Å². The molecule has 1 rings (SSSR count). The first-order chi connectivity index (χ1) is 8.82. The highest BCUT2D eigenvalue weighted by molar-refractivity contribution is 5.60. The Morgan fingerprint density at radius 1 is 1.53 bits per heavy atom. The lowest BCUT2D eigenvalue weighted by molar-refractivity contribution is -0.384. The number of aryl methyl sites for hydroxylation is 2. The average Bonchev–Trinajstić information content (AvgIpc) is 2.54. The second-order valence-corrected chi connectivity index (χ2v) is 5.25. The number of aliphatic hydroxyl groups excluding tert-OH is 1. The largest absolute Gasteiger partial charge is 0.396 e. The second-order valence-electron chi connectivity index (χ2n) is 5.25. The topological polar surface area (TPSA) is 93.2 Å². The quantitative estimate of drug-likeness (QED) is 0.584.